The zero-order valence-corrected chi connectivity index (χ0v) is 19.8. The molecule has 2 aromatic carbocycles. The van der Waals surface area contributed by atoms with Crippen LogP contribution in [0.25, 0.3) is 5.31 Å². The summed E-state index contributed by atoms with van der Waals surface area (Å²) in [6, 6.07) is 18.7. The van der Waals surface area contributed by atoms with Gasteiger partial charge in [-0.1, -0.05) is 60.7 Å². The molecular formula is C24H32NO5P. The molecule has 0 fully saturated rings. The van der Waals surface area contributed by atoms with E-state index in [1.54, 1.807) is 34.6 Å². The van der Waals surface area contributed by atoms with Crippen molar-refractivity contribution in [1.29, 1.82) is 0 Å². The van der Waals surface area contributed by atoms with E-state index in [0.717, 1.165) is 5.56 Å². The first-order valence-corrected chi connectivity index (χ1v) is 11.9. The average Bonchev–Trinajstić information content (AvgIpc) is 2.71. The predicted molar refractivity (Wildman–Crippen MR) is 123 cm³/mol. The van der Waals surface area contributed by atoms with Crippen molar-refractivity contribution in [2.75, 3.05) is 13.2 Å². The van der Waals surface area contributed by atoms with Gasteiger partial charge in [0.2, 0.25) is 0 Å². The molecule has 2 rings (SSSR count). The van der Waals surface area contributed by atoms with E-state index in [0.29, 0.717) is 10.9 Å². The van der Waals surface area contributed by atoms with Gasteiger partial charge in [0.1, 0.15) is 5.60 Å². The van der Waals surface area contributed by atoms with Gasteiger partial charge in [-0.05, 0) is 45.7 Å². The second kappa shape index (κ2) is 11.3. The van der Waals surface area contributed by atoms with Crippen molar-refractivity contribution < 1.29 is 23.1 Å². The second-order valence-electron chi connectivity index (χ2n) is 7.81. The fourth-order valence-electron chi connectivity index (χ4n) is 2.84. The van der Waals surface area contributed by atoms with Crippen LogP contribution in [0.5, 0.6) is 0 Å². The molecule has 0 saturated carbocycles. The number of carbonyl (C=O) groups excluding carboxylic acids is 1. The van der Waals surface area contributed by atoms with Gasteiger partial charge in [-0.15, -0.1) is 0 Å². The summed E-state index contributed by atoms with van der Waals surface area (Å²) in [6.45, 7) is 9.56. The molecule has 0 N–H and O–H groups in total. The maximum atomic E-state index is 13.7. The van der Waals surface area contributed by atoms with Crippen LogP contribution in [0, 0.1) is 0 Å². The Kier molecular flexibility index (Phi) is 9.05. The van der Waals surface area contributed by atoms with Crippen LogP contribution < -0.4 is 0 Å². The molecule has 0 saturated heterocycles. The predicted octanol–water partition coefficient (Wildman–Crippen LogP) is 6.69. The Bertz CT molecular complexity index is 897. The summed E-state index contributed by atoms with van der Waals surface area (Å²) in [5.41, 5.74) is 0.866. The largest absolute Gasteiger partial charge is 0.443 e. The number of benzene rings is 2. The first-order valence-electron chi connectivity index (χ1n) is 10.4. The first kappa shape index (κ1) is 24.9. The molecule has 0 unspecified atom stereocenters. The Hall–Kier alpha value is -2.40. The molecule has 2 aromatic rings. The van der Waals surface area contributed by atoms with Gasteiger partial charge in [-0.25, -0.2) is 4.79 Å². The van der Waals surface area contributed by atoms with Crippen molar-refractivity contribution in [3.05, 3.63) is 78.0 Å². The Morgan fingerprint density at radius 1 is 0.935 bits per heavy atom. The van der Waals surface area contributed by atoms with E-state index in [1.165, 1.54) is 11.1 Å². The highest BCUT2D eigenvalue weighted by molar-refractivity contribution is 7.65. The molecule has 168 valence electrons. The lowest BCUT2D eigenvalue weighted by Gasteiger charge is -2.27. The van der Waals surface area contributed by atoms with Gasteiger partial charge >= 0.3 is 13.7 Å². The molecule has 0 atom stereocenters. The Labute approximate surface area is 185 Å². The van der Waals surface area contributed by atoms with Gasteiger partial charge < -0.3 is 13.8 Å². The highest BCUT2D eigenvalue weighted by Crippen LogP contribution is 2.60. The van der Waals surface area contributed by atoms with Crippen LogP contribution in [0.4, 0.5) is 4.79 Å². The lowest BCUT2D eigenvalue weighted by molar-refractivity contribution is 0.0324. The highest BCUT2D eigenvalue weighted by atomic mass is 31.2. The van der Waals surface area contributed by atoms with Gasteiger partial charge in [-0.3, -0.25) is 9.46 Å². The van der Waals surface area contributed by atoms with Crippen LogP contribution in [-0.2, 0) is 24.9 Å². The zero-order valence-electron chi connectivity index (χ0n) is 18.9. The topological polar surface area (TPSA) is 65.1 Å². The number of carbonyl (C=O) groups is 1. The smallest absolute Gasteiger partial charge is 0.414 e. The molecule has 0 aliphatic carbocycles. The van der Waals surface area contributed by atoms with E-state index in [1.807, 2.05) is 60.7 Å². The van der Waals surface area contributed by atoms with E-state index in [2.05, 4.69) is 0 Å². The maximum Gasteiger partial charge on any atom is 0.414 e. The minimum Gasteiger partial charge on any atom is -0.443 e. The maximum absolute atomic E-state index is 13.7. The molecular weight excluding hydrogens is 413 g/mol. The molecule has 0 spiro atoms. The zero-order chi connectivity index (χ0) is 22.9. The Morgan fingerprint density at radius 2 is 1.45 bits per heavy atom. The summed E-state index contributed by atoms with van der Waals surface area (Å²) < 4.78 is 30.5. The fourth-order valence-corrected chi connectivity index (χ4v) is 4.62. The Morgan fingerprint density at radius 3 is 1.94 bits per heavy atom. The third-order valence-corrected chi connectivity index (χ3v) is 6.22. The summed E-state index contributed by atoms with van der Waals surface area (Å²) in [7, 11) is -3.69. The van der Waals surface area contributed by atoms with Crippen LogP contribution in [0.15, 0.2) is 66.9 Å². The number of nitrogens with zero attached hydrogens (tertiary/aromatic N) is 1. The van der Waals surface area contributed by atoms with Gasteiger partial charge in [-0.2, -0.15) is 0 Å². The normalized spacial score (nSPS) is 12.5. The van der Waals surface area contributed by atoms with Crippen molar-refractivity contribution >= 4 is 19.0 Å². The summed E-state index contributed by atoms with van der Waals surface area (Å²) in [5.74, 6) is 0. The molecule has 0 bridgehead atoms. The summed E-state index contributed by atoms with van der Waals surface area (Å²) in [4.78, 5) is 14.5. The molecule has 6 nitrogen and oxygen atoms in total. The van der Waals surface area contributed by atoms with E-state index >= 15 is 0 Å². The molecule has 1 amide bonds. The lowest BCUT2D eigenvalue weighted by atomic mass is 10.2. The number of rotatable bonds is 9. The lowest BCUT2D eigenvalue weighted by Crippen LogP contribution is -2.33. The minimum absolute atomic E-state index is 0.201. The van der Waals surface area contributed by atoms with Crippen molar-refractivity contribution in [3.63, 3.8) is 0 Å². The van der Waals surface area contributed by atoms with Crippen LogP contribution in [0.3, 0.4) is 0 Å². The van der Waals surface area contributed by atoms with E-state index in [9.17, 15) is 9.36 Å². The molecule has 7 heteroatoms. The van der Waals surface area contributed by atoms with Crippen LogP contribution in [-0.4, -0.2) is 29.8 Å². The van der Waals surface area contributed by atoms with E-state index < -0.39 is 19.3 Å². The van der Waals surface area contributed by atoms with Gasteiger partial charge in [0.25, 0.3) is 0 Å². The molecule has 0 aromatic heterocycles. The van der Waals surface area contributed by atoms with Gasteiger partial charge in [0, 0.05) is 6.20 Å². The van der Waals surface area contributed by atoms with Gasteiger partial charge in [0.15, 0.2) is 0 Å². The van der Waals surface area contributed by atoms with E-state index in [-0.39, 0.29) is 19.8 Å². The Balaban J connectivity index is 2.59. The molecule has 0 aliphatic rings. The van der Waals surface area contributed by atoms with Crippen molar-refractivity contribution in [2.24, 2.45) is 0 Å². The number of ether oxygens (including phenoxy) is 1. The second-order valence-corrected chi connectivity index (χ2v) is 9.80. The number of hydrogen-bond acceptors (Lipinski definition) is 5. The third-order valence-electron chi connectivity index (χ3n) is 4.06. The number of hydrogen-bond donors (Lipinski definition) is 0. The summed E-state index contributed by atoms with van der Waals surface area (Å²) >= 11 is 0. The van der Waals surface area contributed by atoms with Crippen LogP contribution in [0.1, 0.15) is 45.7 Å². The molecule has 0 aliphatic heterocycles. The first-order chi connectivity index (χ1) is 14.7. The monoisotopic (exact) mass is 445 g/mol. The third kappa shape index (κ3) is 7.66. The van der Waals surface area contributed by atoms with Crippen molar-refractivity contribution in [2.45, 2.75) is 46.8 Å². The fraction of sp³-hybridized carbons (Fsp3) is 0.375. The van der Waals surface area contributed by atoms with E-state index in [4.69, 9.17) is 13.8 Å². The molecule has 0 heterocycles. The average molecular weight is 445 g/mol. The highest BCUT2D eigenvalue weighted by Gasteiger charge is 2.33. The number of amides is 1. The summed E-state index contributed by atoms with van der Waals surface area (Å²) in [6.07, 6.45) is 0.979. The van der Waals surface area contributed by atoms with Crippen LogP contribution in [0.2, 0.25) is 0 Å². The van der Waals surface area contributed by atoms with Crippen molar-refractivity contribution in [1.82, 2.24) is 4.90 Å². The SMILES string of the molecule is CCOP(=O)(OCC)/C(=C/N(Cc1ccccc1)C(=O)OC(C)(C)C)c1ccccc1. The molecule has 0 radical (unpaired) electrons. The standard InChI is InChI=1S/C24H32NO5P/c1-6-28-31(27,29-7-2)22(21-16-12-9-13-17-21)19-25(23(26)30-24(3,4)5)18-20-14-10-8-11-15-20/h8-17,19H,6-7,18H2,1-5H3/b22-19+. The van der Waals surface area contributed by atoms with Crippen molar-refractivity contribution in [3.8, 4) is 0 Å². The molecule has 31 heavy (non-hydrogen) atoms. The quantitative estimate of drug-likeness (QED) is 0.402. The van der Waals surface area contributed by atoms with Crippen LogP contribution >= 0.6 is 7.60 Å². The summed E-state index contributed by atoms with van der Waals surface area (Å²) in [5, 5.41) is 0.304. The van der Waals surface area contributed by atoms with Gasteiger partial charge in [0.05, 0.1) is 25.1 Å². The minimum atomic E-state index is -3.69.